The first-order chi connectivity index (χ1) is 11.0. The van der Waals surface area contributed by atoms with E-state index >= 15 is 0 Å². The second kappa shape index (κ2) is 6.29. The zero-order valence-electron chi connectivity index (χ0n) is 12.7. The van der Waals surface area contributed by atoms with Gasteiger partial charge in [-0.2, -0.15) is 0 Å². The molecule has 1 aromatic heterocycles. The monoisotopic (exact) mass is 351 g/mol. The molecule has 1 aliphatic heterocycles. The minimum atomic E-state index is -3.69. The Kier molecular flexibility index (Phi) is 4.36. The summed E-state index contributed by atoms with van der Waals surface area (Å²) in [5, 5.41) is 0.217. The standard InChI is InChI=1S/C15H17N3O3S2/c1-11-13(14(19)18-9-5-6-10-18)22-15(16-11)17-23(20,21)12-7-3-2-4-8-12/h2-4,7-8H,5-6,9-10H2,1H3,(H,16,17). The van der Waals surface area contributed by atoms with Crippen LogP contribution >= 0.6 is 11.3 Å². The fourth-order valence-corrected chi connectivity index (χ4v) is 4.67. The number of sulfonamides is 1. The van der Waals surface area contributed by atoms with Gasteiger partial charge in [-0.1, -0.05) is 29.5 Å². The number of thiazole rings is 1. The van der Waals surface area contributed by atoms with Crippen molar-refractivity contribution in [1.29, 1.82) is 0 Å². The number of anilines is 1. The van der Waals surface area contributed by atoms with E-state index in [1.165, 1.54) is 12.1 Å². The summed E-state index contributed by atoms with van der Waals surface area (Å²) in [7, 11) is -3.69. The lowest BCUT2D eigenvalue weighted by Gasteiger charge is -2.13. The average molecular weight is 351 g/mol. The Hall–Kier alpha value is -1.93. The molecule has 6 nitrogen and oxygen atoms in total. The summed E-state index contributed by atoms with van der Waals surface area (Å²) in [5.41, 5.74) is 0.553. The van der Waals surface area contributed by atoms with Crippen molar-refractivity contribution in [2.24, 2.45) is 0 Å². The van der Waals surface area contributed by atoms with Crippen LogP contribution in [0.2, 0.25) is 0 Å². The smallest absolute Gasteiger partial charge is 0.265 e. The molecule has 1 aromatic carbocycles. The third-order valence-corrected chi connectivity index (χ3v) is 6.20. The Morgan fingerprint density at radius 3 is 2.52 bits per heavy atom. The first kappa shape index (κ1) is 15.9. The third kappa shape index (κ3) is 3.37. The molecule has 1 amide bonds. The van der Waals surface area contributed by atoms with E-state index in [4.69, 9.17) is 0 Å². The molecule has 1 N–H and O–H groups in total. The summed E-state index contributed by atoms with van der Waals surface area (Å²) in [6, 6.07) is 8.09. The molecule has 2 aromatic rings. The maximum Gasteiger partial charge on any atom is 0.265 e. The minimum Gasteiger partial charge on any atom is -0.338 e. The molecule has 0 aliphatic carbocycles. The highest BCUT2D eigenvalue weighted by Gasteiger charge is 2.25. The van der Waals surface area contributed by atoms with E-state index in [0.29, 0.717) is 10.6 Å². The van der Waals surface area contributed by atoms with Crippen LogP contribution in [-0.4, -0.2) is 37.3 Å². The van der Waals surface area contributed by atoms with E-state index in [9.17, 15) is 13.2 Å². The Balaban J connectivity index is 1.82. The van der Waals surface area contributed by atoms with Crippen LogP contribution in [0.3, 0.4) is 0 Å². The summed E-state index contributed by atoms with van der Waals surface area (Å²) in [6.07, 6.45) is 2.02. The Morgan fingerprint density at radius 2 is 1.87 bits per heavy atom. The van der Waals surface area contributed by atoms with Crippen LogP contribution in [0.25, 0.3) is 0 Å². The average Bonchev–Trinajstić information content (AvgIpc) is 3.17. The van der Waals surface area contributed by atoms with Gasteiger partial charge in [0.05, 0.1) is 10.6 Å². The first-order valence-corrected chi connectivity index (χ1v) is 9.62. The normalized spacial score (nSPS) is 14.9. The minimum absolute atomic E-state index is 0.0670. The molecule has 0 atom stereocenters. The first-order valence-electron chi connectivity index (χ1n) is 7.32. The number of hydrogen-bond acceptors (Lipinski definition) is 5. The summed E-state index contributed by atoms with van der Waals surface area (Å²) in [6.45, 7) is 3.22. The van der Waals surface area contributed by atoms with Gasteiger partial charge in [-0.05, 0) is 31.9 Å². The zero-order chi connectivity index (χ0) is 16.4. The number of benzene rings is 1. The molecule has 0 unspecified atom stereocenters. The molecule has 0 radical (unpaired) electrons. The fraction of sp³-hybridized carbons (Fsp3) is 0.333. The lowest BCUT2D eigenvalue weighted by Crippen LogP contribution is -2.27. The number of likely N-dealkylation sites (tertiary alicyclic amines) is 1. The lowest BCUT2D eigenvalue weighted by atomic mass is 10.3. The number of aromatic nitrogens is 1. The van der Waals surface area contributed by atoms with Crippen LogP contribution in [0.4, 0.5) is 5.13 Å². The summed E-state index contributed by atoms with van der Waals surface area (Å²) in [5.74, 6) is -0.0670. The number of carbonyl (C=O) groups is 1. The highest BCUT2D eigenvalue weighted by Crippen LogP contribution is 2.27. The van der Waals surface area contributed by atoms with E-state index < -0.39 is 10.0 Å². The second-order valence-corrected chi connectivity index (χ2v) is 8.03. The van der Waals surface area contributed by atoms with Crippen molar-refractivity contribution >= 4 is 32.4 Å². The Bertz CT molecular complexity index is 810. The van der Waals surface area contributed by atoms with Gasteiger partial charge >= 0.3 is 0 Å². The molecule has 1 saturated heterocycles. The Labute approximate surface area is 139 Å². The number of carbonyl (C=O) groups excluding carboxylic acids is 1. The van der Waals surface area contributed by atoms with E-state index in [-0.39, 0.29) is 15.9 Å². The number of nitrogens with zero attached hydrogens (tertiary/aromatic N) is 2. The van der Waals surface area contributed by atoms with Crippen LogP contribution < -0.4 is 4.72 Å². The molecule has 122 valence electrons. The molecule has 0 bridgehead atoms. The van der Waals surface area contributed by atoms with Crippen LogP contribution in [-0.2, 0) is 10.0 Å². The zero-order valence-corrected chi connectivity index (χ0v) is 14.3. The Morgan fingerprint density at radius 1 is 1.22 bits per heavy atom. The molecule has 3 rings (SSSR count). The molecule has 0 spiro atoms. The van der Waals surface area contributed by atoms with Crippen molar-refractivity contribution in [3.8, 4) is 0 Å². The van der Waals surface area contributed by atoms with Gasteiger partial charge in [0.2, 0.25) is 0 Å². The molecule has 2 heterocycles. The van der Waals surface area contributed by atoms with E-state index in [1.807, 2.05) is 0 Å². The molecular formula is C15H17N3O3S2. The van der Waals surface area contributed by atoms with E-state index in [1.54, 1.807) is 30.0 Å². The van der Waals surface area contributed by atoms with E-state index in [2.05, 4.69) is 9.71 Å². The predicted octanol–water partition coefficient (Wildman–Crippen LogP) is 2.49. The SMILES string of the molecule is Cc1nc(NS(=O)(=O)c2ccccc2)sc1C(=O)N1CCCC1. The van der Waals surface area contributed by atoms with Gasteiger partial charge in [0.1, 0.15) is 4.88 Å². The molecular weight excluding hydrogens is 334 g/mol. The molecule has 1 aliphatic rings. The van der Waals surface area contributed by atoms with Crippen LogP contribution in [0.15, 0.2) is 35.2 Å². The molecule has 1 fully saturated rings. The van der Waals surface area contributed by atoms with Crippen LogP contribution in [0.1, 0.15) is 28.2 Å². The highest BCUT2D eigenvalue weighted by atomic mass is 32.2. The van der Waals surface area contributed by atoms with Gasteiger partial charge in [-0.15, -0.1) is 0 Å². The predicted molar refractivity (Wildman–Crippen MR) is 89.2 cm³/mol. The van der Waals surface area contributed by atoms with Crippen LogP contribution in [0.5, 0.6) is 0 Å². The topological polar surface area (TPSA) is 79.4 Å². The summed E-state index contributed by atoms with van der Waals surface area (Å²) < 4.78 is 27.1. The van der Waals surface area contributed by atoms with Crippen molar-refractivity contribution in [2.45, 2.75) is 24.7 Å². The third-order valence-electron chi connectivity index (χ3n) is 3.66. The highest BCUT2D eigenvalue weighted by molar-refractivity contribution is 7.93. The number of rotatable bonds is 4. The fourth-order valence-electron chi connectivity index (χ4n) is 2.48. The van der Waals surface area contributed by atoms with Gasteiger partial charge in [-0.3, -0.25) is 9.52 Å². The number of amides is 1. The molecule has 23 heavy (non-hydrogen) atoms. The molecule has 0 saturated carbocycles. The van der Waals surface area contributed by atoms with Crippen molar-refractivity contribution in [3.63, 3.8) is 0 Å². The second-order valence-electron chi connectivity index (χ2n) is 5.35. The number of hydrogen-bond donors (Lipinski definition) is 1. The maximum absolute atomic E-state index is 12.4. The number of nitrogens with one attached hydrogen (secondary N) is 1. The molecule has 8 heteroatoms. The van der Waals surface area contributed by atoms with Crippen LogP contribution in [0, 0.1) is 6.92 Å². The van der Waals surface area contributed by atoms with Crippen molar-refractivity contribution < 1.29 is 13.2 Å². The maximum atomic E-state index is 12.4. The lowest BCUT2D eigenvalue weighted by molar-refractivity contribution is 0.0796. The summed E-state index contributed by atoms with van der Waals surface area (Å²) in [4.78, 5) is 19.1. The van der Waals surface area contributed by atoms with Crippen molar-refractivity contribution in [3.05, 3.63) is 40.9 Å². The van der Waals surface area contributed by atoms with Gasteiger partial charge < -0.3 is 4.90 Å². The summed E-state index contributed by atoms with van der Waals surface area (Å²) >= 11 is 1.08. The number of aryl methyl sites for hydroxylation is 1. The van der Waals surface area contributed by atoms with E-state index in [0.717, 1.165) is 37.3 Å². The van der Waals surface area contributed by atoms with Gasteiger partial charge in [0.25, 0.3) is 15.9 Å². The quantitative estimate of drug-likeness (QED) is 0.918. The van der Waals surface area contributed by atoms with Gasteiger partial charge in [-0.25, -0.2) is 13.4 Å². The largest absolute Gasteiger partial charge is 0.338 e. The van der Waals surface area contributed by atoms with Gasteiger partial charge in [0, 0.05) is 13.1 Å². The van der Waals surface area contributed by atoms with Gasteiger partial charge in [0.15, 0.2) is 5.13 Å². The van der Waals surface area contributed by atoms with Crippen molar-refractivity contribution in [2.75, 3.05) is 17.8 Å². The van der Waals surface area contributed by atoms with Crippen molar-refractivity contribution in [1.82, 2.24) is 9.88 Å².